The van der Waals surface area contributed by atoms with Gasteiger partial charge in [-0.3, -0.25) is 0 Å². The van der Waals surface area contributed by atoms with Crippen molar-refractivity contribution in [2.24, 2.45) is 16.7 Å². The maximum absolute atomic E-state index is 2.68. The largest absolute Gasteiger partial charge is 0.114 e. The van der Waals surface area contributed by atoms with Crippen molar-refractivity contribution in [1.29, 1.82) is 0 Å². The Bertz CT molecular complexity index is 178. The van der Waals surface area contributed by atoms with Crippen molar-refractivity contribution in [3.05, 3.63) is 11.9 Å². The van der Waals surface area contributed by atoms with E-state index in [-0.39, 0.29) is 0 Å². The van der Waals surface area contributed by atoms with Gasteiger partial charge in [0.05, 0.1) is 0 Å². The van der Waals surface area contributed by atoms with E-state index in [1.54, 1.807) is 0 Å². The van der Waals surface area contributed by atoms with E-state index in [2.05, 4.69) is 62.7 Å². The summed E-state index contributed by atoms with van der Waals surface area (Å²) in [5, 5.41) is 0. The number of allylic oxidation sites excluding steroid dienone is 1. The van der Waals surface area contributed by atoms with E-state index in [1.165, 1.54) is 12.8 Å². The second kappa shape index (κ2) is 5.31. The van der Waals surface area contributed by atoms with E-state index in [1.807, 2.05) is 0 Å². The molecule has 0 N–H and O–H groups in total. The van der Waals surface area contributed by atoms with Crippen LogP contribution in [0.2, 0.25) is 0 Å². The maximum atomic E-state index is 2.68. The van der Waals surface area contributed by atoms with Gasteiger partial charge in [-0.2, -0.15) is 0 Å². The molecule has 0 saturated carbocycles. The third kappa shape index (κ3) is 6.60. The molecule has 0 aliphatic carbocycles. The third-order valence-corrected chi connectivity index (χ3v) is 2.88. The second-order valence-corrected chi connectivity index (χ2v) is 6.84. The third-order valence-electron chi connectivity index (χ3n) is 2.66. The molecule has 0 saturated heterocycles. The van der Waals surface area contributed by atoms with Gasteiger partial charge < -0.3 is 0 Å². The van der Waals surface area contributed by atoms with Gasteiger partial charge in [0, 0.05) is 0 Å². The summed E-state index contributed by atoms with van der Waals surface area (Å²) in [6.45, 7) is 13.9. The Morgan fingerprint density at radius 1 is 1.07 bits per heavy atom. The van der Waals surface area contributed by atoms with Gasteiger partial charge in [0.25, 0.3) is 0 Å². The van der Waals surface area contributed by atoms with E-state index < -0.39 is 0 Å². The second-order valence-electron chi connectivity index (χ2n) is 6.46. The van der Waals surface area contributed by atoms with Crippen LogP contribution in [-0.2, 0) is 0 Å². The van der Waals surface area contributed by atoms with Gasteiger partial charge in [-0.1, -0.05) is 53.4 Å². The van der Waals surface area contributed by atoms with Crippen LogP contribution >= 0.6 is 9.24 Å². The predicted octanol–water partition coefficient (Wildman–Crippen LogP) is 4.86. The molecule has 0 fully saturated rings. The first kappa shape index (κ1) is 14.2. The molecule has 0 rings (SSSR count). The van der Waals surface area contributed by atoms with Crippen LogP contribution < -0.4 is 0 Å². The SMILES string of the molecule is CC(C)(C)CCC(C=CP)C(C)(C)C. The van der Waals surface area contributed by atoms with E-state index >= 15 is 0 Å². The minimum Gasteiger partial charge on any atom is -0.114 e. The topological polar surface area (TPSA) is 0 Å². The maximum Gasteiger partial charge on any atom is -0.0181 e. The van der Waals surface area contributed by atoms with Crippen molar-refractivity contribution in [3.8, 4) is 0 Å². The number of rotatable bonds is 3. The molecule has 2 unspecified atom stereocenters. The van der Waals surface area contributed by atoms with Crippen molar-refractivity contribution in [2.75, 3.05) is 0 Å². The first-order valence-electron chi connectivity index (χ1n) is 5.55. The van der Waals surface area contributed by atoms with Crippen LogP contribution in [0.3, 0.4) is 0 Å². The van der Waals surface area contributed by atoms with Gasteiger partial charge in [-0.05, 0) is 29.6 Å². The molecular formula is C13H27P. The van der Waals surface area contributed by atoms with Gasteiger partial charge in [-0.15, -0.1) is 9.24 Å². The van der Waals surface area contributed by atoms with Crippen molar-refractivity contribution in [1.82, 2.24) is 0 Å². The lowest BCUT2D eigenvalue weighted by atomic mass is 9.75. The minimum absolute atomic E-state index is 0.387. The highest BCUT2D eigenvalue weighted by molar-refractivity contribution is 7.20. The summed E-state index contributed by atoms with van der Waals surface area (Å²) in [5.41, 5.74) is 0.844. The quantitative estimate of drug-likeness (QED) is 0.588. The van der Waals surface area contributed by atoms with Crippen molar-refractivity contribution >= 4 is 9.24 Å². The van der Waals surface area contributed by atoms with Crippen molar-refractivity contribution < 1.29 is 0 Å². The van der Waals surface area contributed by atoms with E-state index in [9.17, 15) is 0 Å². The number of hydrogen-bond acceptors (Lipinski definition) is 0. The Morgan fingerprint density at radius 3 is 1.86 bits per heavy atom. The molecule has 0 aromatic rings. The fourth-order valence-corrected chi connectivity index (χ4v) is 1.81. The first-order valence-corrected chi connectivity index (χ1v) is 6.22. The van der Waals surface area contributed by atoms with Crippen molar-refractivity contribution in [2.45, 2.75) is 54.4 Å². The molecule has 0 bridgehead atoms. The molecule has 0 spiro atoms. The molecule has 2 atom stereocenters. The molecule has 84 valence electrons. The summed E-state index contributed by atoms with van der Waals surface area (Å²) >= 11 is 0. The summed E-state index contributed by atoms with van der Waals surface area (Å²) in [6.07, 6.45) is 4.91. The summed E-state index contributed by atoms with van der Waals surface area (Å²) in [5.74, 6) is 2.80. The van der Waals surface area contributed by atoms with Gasteiger partial charge in [0.1, 0.15) is 0 Å². The zero-order valence-electron chi connectivity index (χ0n) is 10.7. The van der Waals surface area contributed by atoms with Crippen LogP contribution in [0, 0.1) is 16.7 Å². The minimum atomic E-state index is 0.387. The molecule has 0 radical (unpaired) electrons. The van der Waals surface area contributed by atoms with Gasteiger partial charge in [0.15, 0.2) is 0 Å². The molecular weight excluding hydrogens is 187 g/mol. The van der Waals surface area contributed by atoms with Crippen LogP contribution in [0.25, 0.3) is 0 Å². The average Bonchev–Trinajstić information content (AvgIpc) is 1.93. The smallest absolute Gasteiger partial charge is 0.0181 e. The van der Waals surface area contributed by atoms with Crippen LogP contribution in [0.1, 0.15) is 54.4 Å². The lowest BCUT2D eigenvalue weighted by molar-refractivity contribution is 0.239. The molecule has 0 nitrogen and oxygen atoms in total. The Morgan fingerprint density at radius 2 is 1.57 bits per heavy atom. The molecule has 0 aliphatic heterocycles. The molecule has 14 heavy (non-hydrogen) atoms. The van der Waals surface area contributed by atoms with E-state index in [0.29, 0.717) is 16.7 Å². The van der Waals surface area contributed by atoms with Crippen molar-refractivity contribution in [3.63, 3.8) is 0 Å². The Balaban J connectivity index is 4.26. The zero-order valence-corrected chi connectivity index (χ0v) is 11.9. The highest BCUT2D eigenvalue weighted by Crippen LogP contribution is 2.34. The Labute approximate surface area is 92.8 Å². The Kier molecular flexibility index (Phi) is 5.37. The lowest BCUT2D eigenvalue weighted by Crippen LogP contribution is -2.20. The predicted molar refractivity (Wildman–Crippen MR) is 70.5 cm³/mol. The normalized spacial score (nSPS) is 16.2. The van der Waals surface area contributed by atoms with Gasteiger partial charge >= 0.3 is 0 Å². The van der Waals surface area contributed by atoms with Crippen LogP contribution in [0.5, 0.6) is 0 Å². The number of hydrogen-bond donors (Lipinski definition) is 0. The van der Waals surface area contributed by atoms with Gasteiger partial charge in [-0.25, -0.2) is 0 Å². The lowest BCUT2D eigenvalue weighted by Gasteiger charge is -2.30. The molecule has 0 amide bonds. The standard InChI is InChI=1S/C13H27P/c1-12(2,3)9-7-11(8-10-14)13(4,5)6/h8,10-11H,7,9,14H2,1-6H3. The first-order chi connectivity index (χ1) is 6.17. The summed E-state index contributed by atoms with van der Waals surface area (Å²) in [7, 11) is 2.68. The highest BCUT2D eigenvalue weighted by Gasteiger charge is 2.23. The molecule has 0 aromatic carbocycles. The monoisotopic (exact) mass is 214 g/mol. The fraction of sp³-hybridized carbons (Fsp3) is 0.846. The Hall–Kier alpha value is 0.170. The summed E-state index contributed by atoms with van der Waals surface area (Å²) in [4.78, 5) is 0. The summed E-state index contributed by atoms with van der Waals surface area (Å²) in [6, 6.07) is 0. The highest BCUT2D eigenvalue weighted by atomic mass is 31.0. The molecule has 1 heteroatoms. The molecule has 0 aliphatic rings. The molecule has 0 aromatic heterocycles. The van der Waals surface area contributed by atoms with Crippen LogP contribution in [-0.4, -0.2) is 0 Å². The van der Waals surface area contributed by atoms with Crippen LogP contribution in [0.4, 0.5) is 0 Å². The van der Waals surface area contributed by atoms with Gasteiger partial charge in [0.2, 0.25) is 0 Å². The van der Waals surface area contributed by atoms with Crippen LogP contribution in [0.15, 0.2) is 11.9 Å². The van der Waals surface area contributed by atoms with E-state index in [0.717, 1.165) is 0 Å². The molecule has 0 heterocycles. The summed E-state index contributed by atoms with van der Waals surface area (Å²) < 4.78 is 0. The fourth-order valence-electron chi connectivity index (χ4n) is 1.54. The average molecular weight is 214 g/mol. The zero-order chi connectivity index (χ0) is 11.4. The van der Waals surface area contributed by atoms with E-state index in [4.69, 9.17) is 0 Å².